The van der Waals surface area contributed by atoms with Crippen molar-refractivity contribution in [1.82, 2.24) is 25.0 Å². The normalized spacial score (nSPS) is 18.8. The van der Waals surface area contributed by atoms with E-state index in [2.05, 4.69) is 45.8 Å². The molecule has 0 aromatic carbocycles. The molecule has 5 nitrogen and oxygen atoms in total. The molecule has 1 saturated heterocycles. The first-order chi connectivity index (χ1) is 9.20. The maximum Gasteiger partial charge on any atom is 0.141 e. The number of hydrogen-bond acceptors (Lipinski definition) is 4. The maximum atomic E-state index is 4.45. The van der Waals surface area contributed by atoms with Crippen LogP contribution in [0.1, 0.15) is 39.4 Å². The van der Waals surface area contributed by atoms with E-state index in [1.165, 1.54) is 12.8 Å². The van der Waals surface area contributed by atoms with E-state index in [1.54, 1.807) is 6.33 Å². The van der Waals surface area contributed by atoms with Crippen molar-refractivity contribution in [2.75, 3.05) is 19.6 Å². The summed E-state index contributed by atoms with van der Waals surface area (Å²) in [5.41, 5.74) is 0. The van der Waals surface area contributed by atoms with Gasteiger partial charge in [0.2, 0.25) is 0 Å². The highest BCUT2D eigenvalue weighted by Gasteiger charge is 2.23. The second-order valence-corrected chi connectivity index (χ2v) is 5.87. The first kappa shape index (κ1) is 17.4. The lowest BCUT2D eigenvalue weighted by atomic mass is 10.2. The summed E-state index contributed by atoms with van der Waals surface area (Å²) in [5, 5.41) is 7.81. The van der Waals surface area contributed by atoms with Crippen LogP contribution in [-0.2, 0) is 13.1 Å². The van der Waals surface area contributed by atoms with Gasteiger partial charge in [0.1, 0.15) is 12.2 Å². The lowest BCUT2D eigenvalue weighted by Gasteiger charge is -2.27. The number of nitrogens with zero attached hydrogens (tertiary/aromatic N) is 4. The predicted molar refractivity (Wildman–Crippen MR) is 84.1 cm³/mol. The minimum Gasteiger partial charge on any atom is -0.315 e. The van der Waals surface area contributed by atoms with Gasteiger partial charge in [-0.25, -0.2) is 9.67 Å². The lowest BCUT2D eigenvalue weighted by molar-refractivity contribution is 0.190. The van der Waals surface area contributed by atoms with Crippen molar-refractivity contribution in [2.45, 2.75) is 52.7 Å². The average Bonchev–Trinajstić information content (AvgIpc) is 3.00. The molecule has 0 aliphatic carbocycles. The third kappa shape index (κ3) is 4.72. The summed E-state index contributed by atoms with van der Waals surface area (Å²) in [6.07, 6.45) is 4.13. The molecular formula is C14H28ClN5. The number of halogens is 1. The minimum absolute atomic E-state index is 0. The minimum atomic E-state index is 0. The number of hydrogen-bond donors (Lipinski definition) is 1. The van der Waals surface area contributed by atoms with Crippen LogP contribution >= 0.6 is 12.4 Å². The topological polar surface area (TPSA) is 46.0 Å². The summed E-state index contributed by atoms with van der Waals surface area (Å²) < 4.78 is 2.07. The van der Waals surface area contributed by atoms with Crippen LogP contribution in [0.2, 0.25) is 0 Å². The Morgan fingerprint density at radius 1 is 1.50 bits per heavy atom. The van der Waals surface area contributed by atoms with Crippen molar-refractivity contribution in [2.24, 2.45) is 5.92 Å². The van der Waals surface area contributed by atoms with E-state index < -0.39 is 0 Å². The average molecular weight is 302 g/mol. The molecule has 0 bridgehead atoms. The predicted octanol–water partition coefficient (Wildman–Crippen LogP) is 1.93. The molecule has 0 amide bonds. The zero-order chi connectivity index (χ0) is 13.7. The standard InChI is InChI=1S/C14H27N5.ClH/c1-4-7-18(13-5-6-15-8-13)10-14-16-11-17-19(14)9-12(2)3;/h11-13,15H,4-10H2,1-3H3;1H. The molecule has 1 aliphatic heterocycles. The second kappa shape index (κ2) is 8.60. The van der Waals surface area contributed by atoms with Gasteiger partial charge in [-0.2, -0.15) is 5.10 Å². The molecule has 1 fully saturated rings. The van der Waals surface area contributed by atoms with Crippen molar-refractivity contribution >= 4 is 12.4 Å². The van der Waals surface area contributed by atoms with Gasteiger partial charge in [-0.05, 0) is 31.8 Å². The van der Waals surface area contributed by atoms with Crippen LogP contribution in [0, 0.1) is 5.92 Å². The fourth-order valence-electron chi connectivity index (χ4n) is 2.72. The SMILES string of the molecule is CCCN(Cc1ncnn1CC(C)C)C1CCNC1.Cl. The Balaban J connectivity index is 0.00000200. The van der Waals surface area contributed by atoms with Crippen LogP contribution < -0.4 is 5.32 Å². The zero-order valence-corrected chi connectivity index (χ0v) is 13.7. The van der Waals surface area contributed by atoms with E-state index >= 15 is 0 Å². The molecule has 0 saturated carbocycles. The first-order valence-corrected chi connectivity index (χ1v) is 7.52. The lowest BCUT2D eigenvalue weighted by Crippen LogP contribution is -2.37. The van der Waals surface area contributed by atoms with Crippen molar-refractivity contribution in [3.8, 4) is 0 Å². The van der Waals surface area contributed by atoms with Gasteiger partial charge < -0.3 is 5.32 Å². The number of rotatable bonds is 7. The van der Waals surface area contributed by atoms with Gasteiger partial charge in [-0.1, -0.05) is 20.8 Å². The molecule has 20 heavy (non-hydrogen) atoms. The fraction of sp³-hybridized carbons (Fsp3) is 0.857. The first-order valence-electron chi connectivity index (χ1n) is 7.52. The Bertz CT molecular complexity index is 373. The Labute approximate surface area is 128 Å². The van der Waals surface area contributed by atoms with E-state index in [0.29, 0.717) is 12.0 Å². The number of aromatic nitrogens is 3. The highest BCUT2D eigenvalue weighted by Crippen LogP contribution is 2.13. The largest absolute Gasteiger partial charge is 0.315 e. The summed E-state index contributed by atoms with van der Waals surface area (Å²) in [6, 6.07) is 0.657. The van der Waals surface area contributed by atoms with E-state index in [1.807, 2.05) is 0 Å². The van der Waals surface area contributed by atoms with Gasteiger partial charge >= 0.3 is 0 Å². The molecular weight excluding hydrogens is 274 g/mol. The van der Waals surface area contributed by atoms with Crippen molar-refractivity contribution in [3.63, 3.8) is 0 Å². The van der Waals surface area contributed by atoms with Gasteiger partial charge in [0.25, 0.3) is 0 Å². The quantitative estimate of drug-likeness (QED) is 0.836. The smallest absolute Gasteiger partial charge is 0.141 e. The summed E-state index contributed by atoms with van der Waals surface area (Å²) in [5.74, 6) is 1.71. The molecule has 1 N–H and O–H groups in total. The van der Waals surface area contributed by atoms with Gasteiger partial charge in [0, 0.05) is 19.1 Å². The molecule has 1 atom stereocenters. The Morgan fingerprint density at radius 3 is 2.90 bits per heavy atom. The van der Waals surface area contributed by atoms with E-state index in [9.17, 15) is 0 Å². The Kier molecular flexibility index (Phi) is 7.48. The highest BCUT2D eigenvalue weighted by molar-refractivity contribution is 5.85. The van der Waals surface area contributed by atoms with Crippen LogP contribution in [0.15, 0.2) is 6.33 Å². The van der Waals surface area contributed by atoms with E-state index in [0.717, 1.165) is 38.5 Å². The van der Waals surface area contributed by atoms with Gasteiger partial charge in [-0.3, -0.25) is 4.90 Å². The zero-order valence-electron chi connectivity index (χ0n) is 12.9. The van der Waals surface area contributed by atoms with Crippen LogP contribution in [0.5, 0.6) is 0 Å². The van der Waals surface area contributed by atoms with Gasteiger partial charge in [0.15, 0.2) is 0 Å². The van der Waals surface area contributed by atoms with Crippen molar-refractivity contribution < 1.29 is 0 Å². The summed E-state index contributed by atoms with van der Waals surface area (Å²) in [7, 11) is 0. The van der Waals surface area contributed by atoms with Crippen molar-refractivity contribution in [1.29, 1.82) is 0 Å². The van der Waals surface area contributed by atoms with E-state index in [-0.39, 0.29) is 12.4 Å². The summed E-state index contributed by atoms with van der Waals surface area (Å²) >= 11 is 0. The highest BCUT2D eigenvalue weighted by atomic mass is 35.5. The van der Waals surface area contributed by atoms with Crippen LogP contribution in [0.3, 0.4) is 0 Å². The van der Waals surface area contributed by atoms with Gasteiger partial charge in [-0.15, -0.1) is 12.4 Å². The molecule has 2 heterocycles. The molecule has 1 aromatic rings. The fourth-order valence-corrected chi connectivity index (χ4v) is 2.72. The Morgan fingerprint density at radius 2 is 2.30 bits per heavy atom. The van der Waals surface area contributed by atoms with Gasteiger partial charge in [0.05, 0.1) is 6.54 Å². The van der Waals surface area contributed by atoms with Crippen LogP contribution in [0.25, 0.3) is 0 Å². The molecule has 0 spiro atoms. The second-order valence-electron chi connectivity index (χ2n) is 5.87. The molecule has 2 rings (SSSR count). The monoisotopic (exact) mass is 301 g/mol. The summed E-state index contributed by atoms with van der Waals surface area (Å²) in [4.78, 5) is 7.01. The van der Waals surface area contributed by atoms with Crippen molar-refractivity contribution in [3.05, 3.63) is 12.2 Å². The van der Waals surface area contributed by atoms with Crippen LogP contribution in [0.4, 0.5) is 0 Å². The maximum absolute atomic E-state index is 4.45. The number of nitrogens with one attached hydrogen (secondary N) is 1. The molecule has 1 unspecified atom stereocenters. The molecule has 0 radical (unpaired) electrons. The summed E-state index contributed by atoms with van der Waals surface area (Å²) in [6.45, 7) is 12.0. The molecule has 1 aromatic heterocycles. The molecule has 116 valence electrons. The third-order valence-corrected chi connectivity index (χ3v) is 3.64. The third-order valence-electron chi connectivity index (χ3n) is 3.64. The molecule has 6 heteroatoms. The molecule has 1 aliphatic rings. The Hall–Kier alpha value is -0.650. The van der Waals surface area contributed by atoms with Crippen LogP contribution in [-0.4, -0.2) is 45.3 Å². The van der Waals surface area contributed by atoms with E-state index in [4.69, 9.17) is 0 Å².